The third kappa shape index (κ3) is 1.72. The number of aromatic nitrogens is 2. The quantitative estimate of drug-likeness (QED) is 0.770. The average Bonchev–Trinajstić information content (AvgIpc) is 2.85. The molecule has 0 radical (unpaired) electrons. The molecule has 18 heavy (non-hydrogen) atoms. The van der Waals surface area contributed by atoms with Crippen molar-refractivity contribution in [1.29, 1.82) is 0 Å². The number of halogens is 1. The van der Waals surface area contributed by atoms with Crippen molar-refractivity contribution in [3.8, 4) is 11.3 Å². The van der Waals surface area contributed by atoms with Crippen LogP contribution in [0.5, 0.6) is 0 Å². The first-order valence-corrected chi connectivity index (χ1v) is 6.44. The molecule has 2 aromatic heterocycles. The summed E-state index contributed by atoms with van der Waals surface area (Å²) >= 11 is 1.62. The van der Waals surface area contributed by atoms with E-state index in [2.05, 4.69) is 4.98 Å². The largest absolute Gasteiger partial charge is 0.325 e. The highest BCUT2D eigenvalue weighted by atomic mass is 32.1. The molecule has 2 N–H and O–H groups in total. The van der Waals surface area contributed by atoms with E-state index in [1.165, 1.54) is 17.0 Å². The van der Waals surface area contributed by atoms with E-state index >= 15 is 0 Å². The van der Waals surface area contributed by atoms with Crippen molar-refractivity contribution >= 4 is 16.3 Å². The van der Waals surface area contributed by atoms with Gasteiger partial charge >= 0.3 is 0 Å². The van der Waals surface area contributed by atoms with Gasteiger partial charge in [0, 0.05) is 23.2 Å². The van der Waals surface area contributed by atoms with E-state index in [-0.39, 0.29) is 5.82 Å². The lowest BCUT2D eigenvalue weighted by molar-refractivity contribution is 0.628. The third-order valence-electron chi connectivity index (χ3n) is 2.85. The topological polar surface area (TPSA) is 43.3 Å². The number of imidazole rings is 1. The molecule has 0 fully saturated rings. The number of fused-ring (bicyclic) bond motifs is 1. The second kappa shape index (κ2) is 4.19. The van der Waals surface area contributed by atoms with Gasteiger partial charge in [0.15, 0.2) is 4.96 Å². The molecule has 0 unspecified atom stereocenters. The van der Waals surface area contributed by atoms with Gasteiger partial charge in [0.25, 0.3) is 0 Å². The number of nitrogens with zero attached hydrogens (tertiary/aromatic N) is 2. The molecule has 3 nitrogen and oxygen atoms in total. The van der Waals surface area contributed by atoms with Crippen LogP contribution in [0, 0.1) is 12.7 Å². The molecule has 3 rings (SSSR count). The Morgan fingerprint density at radius 1 is 1.33 bits per heavy atom. The van der Waals surface area contributed by atoms with E-state index in [1.54, 1.807) is 23.5 Å². The Labute approximate surface area is 108 Å². The first kappa shape index (κ1) is 11.4. The van der Waals surface area contributed by atoms with Gasteiger partial charge in [-0.15, -0.1) is 11.3 Å². The predicted molar refractivity (Wildman–Crippen MR) is 71.1 cm³/mol. The van der Waals surface area contributed by atoms with Crippen LogP contribution in [0.25, 0.3) is 16.2 Å². The van der Waals surface area contributed by atoms with Crippen LogP contribution in [0.3, 0.4) is 0 Å². The maximum absolute atomic E-state index is 12.9. The highest BCUT2D eigenvalue weighted by Crippen LogP contribution is 2.28. The monoisotopic (exact) mass is 261 g/mol. The van der Waals surface area contributed by atoms with Gasteiger partial charge in [-0.05, 0) is 31.2 Å². The number of rotatable bonds is 2. The van der Waals surface area contributed by atoms with Crippen LogP contribution in [-0.4, -0.2) is 9.38 Å². The van der Waals surface area contributed by atoms with Crippen LogP contribution in [0.4, 0.5) is 4.39 Å². The number of hydrogen-bond donors (Lipinski definition) is 1. The Morgan fingerprint density at radius 3 is 2.72 bits per heavy atom. The molecule has 0 bridgehead atoms. The third-order valence-corrected chi connectivity index (χ3v) is 3.75. The molecule has 2 heterocycles. The van der Waals surface area contributed by atoms with Crippen molar-refractivity contribution in [2.75, 3.05) is 0 Å². The van der Waals surface area contributed by atoms with E-state index < -0.39 is 0 Å². The molecule has 3 aromatic rings. The Balaban J connectivity index is 2.22. The number of nitrogens with two attached hydrogens (primary N) is 1. The number of hydrogen-bond acceptors (Lipinski definition) is 3. The van der Waals surface area contributed by atoms with Crippen LogP contribution in [0.2, 0.25) is 0 Å². The van der Waals surface area contributed by atoms with Gasteiger partial charge in [-0.3, -0.25) is 4.40 Å². The molecule has 0 aliphatic carbocycles. The van der Waals surface area contributed by atoms with Gasteiger partial charge in [-0.2, -0.15) is 0 Å². The van der Waals surface area contributed by atoms with Crippen molar-refractivity contribution in [2.45, 2.75) is 13.5 Å². The van der Waals surface area contributed by atoms with E-state index in [0.29, 0.717) is 6.54 Å². The van der Waals surface area contributed by atoms with E-state index in [0.717, 1.165) is 21.9 Å². The molecule has 0 spiro atoms. The first-order valence-electron chi connectivity index (χ1n) is 5.62. The second-order valence-electron chi connectivity index (χ2n) is 4.11. The average molecular weight is 261 g/mol. The predicted octanol–water partition coefficient (Wildman–Crippen LogP) is 2.97. The van der Waals surface area contributed by atoms with Crippen molar-refractivity contribution in [3.05, 3.63) is 46.9 Å². The fraction of sp³-hybridized carbons (Fsp3) is 0.154. The zero-order valence-electron chi connectivity index (χ0n) is 9.85. The van der Waals surface area contributed by atoms with Crippen LogP contribution in [0.1, 0.15) is 10.6 Å². The fourth-order valence-corrected chi connectivity index (χ4v) is 2.88. The van der Waals surface area contributed by atoms with Crippen LogP contribution < -0.4 is 5.73 Å². The van der Waals surface area contributed by atoms with Crippen molar-refractivity contribution in [1.82, 2.24) is 9.38 Å². The highest BCUT2D eigenvalue weighted by Gasteiger charge is 2.14. The Hall–Kier alpha value is -1.72. The standard InChI is InChI=1S/C13H12FN3S/c1-8-7-17-11(6-15)12(16-13(17)18-8)9-2-4-10(14)5-3-9/h2-5,7H,6,15H2,1H3. The Bertz CT molecular complexity index is 697. The molecule has 92 valence electrons. The number of benzene rings is 1. The molecule has 1 aromatic carbocycles. The maximum atomic E-state index is 12.9. The SMILES string of the molecule is Cc1cn2c(CN)c(-c3ccc(F)cc3)nc2s1. The summed E-state index contributed by atoms with van der Waals surface area (Å²) in [5.41, 5.74) is 8.50. The van der Waals surface area contributed by atoms with Crippen LogP contribution in [0.15, 0.2) is 30.5 Å². The van der Waals surface area contributed by atoms with Gasteiger partial charge in [-0.25, -0.2) is 9.37 Å². The van der Waals surface area contributed by atoms with Crippen molar-refractivity contribution < 1.29 is 4.39 Å². The Morgan fingerprint density at radius 2 is 2.06 bits per heavy atom. The first-order chi connectivity index (χ1) is 8.69. The zero-order valence-corrected chi connectivity index (χ0v) is 10.7. The molecule has 0 aliphatic rings. The number of thiazole rings is 1. The summed E-state index contributed by atoms with van der Waals surface area (Å²) in [6, 6.07) is 6.34. The van der Waals surface area contributed by atoms with E-state index in [4.69, 9.17) is 5.73 Å². The number of aryl methyl sites for hydroxylation is 1. The molecule has 0 atom stereocenters. The van der Waals surface area contributed by atoms with Gasteiger partial charge in [-0.1, -0.05) is 0 Å². The summed E-state index contributed by atoms with van der Waals surface area (Å²) in [6.07, 6.45) is 2.03. The summed E-state index contributed by atoms with van der Waals surface area (Å²) in [5.74, 6) is -0.245. The molecule has 0 saturated heterocycles. The minimum Gasteiger partial charge on any atom is -0.325 e. The van der Waals surface area contributed by atoms with Gasteiger partial charge in [0.2, 0.25) is 0 Å². The minimum atomic E-state index is -0.245. The summed E-state index contributed by atoms with van der Waals surface area (Å²) in [7, 11) is 0. The molecular weight excluding hydrogens is 249 g/mol. The fourth-order valence-electron chi connectivity index (χ4n) is 2.03. The lowest BCUT2D eigenvalue weighted by Crippen LogP contribution is -2.01. The Kier molecular flexibility index (Phi) is 2.65. The molecular formula is C13H12FN3S. The maximum Gasteiger partial charge on any atom is 0.194 e. The summed E-state index contributed by atoms with van der Waals surface area (Å²) in [6.45, 7) is 2.45. The van der Waals surface area contributed by atoms with E-state index in [9.17, 15) is 4.39 Å². The zero-order chi connectivity index (χ0) is 12.7. The molecule has 0 amide bonds. The molecule has 0 saturated carbocycles. The summed E-state index contributed by atoms with van der Waals surface area (Å²) < 4.78 is 14.9. The van der Waals surface area contributed by atoms with Gasteiger partial charge in [0.05, 0.1) is 11.4 Å². The van der Waals surface area contributed by atoms with Gasteiger partial charge in [0.1, 0.15) is 5.82 Å². The smallest absolute Gasteiger partial charge is 0.194 e. The van der Waals surface area contributed by atoms with Crippen molar-refractivity contribution in [2.24, 2.45) is 5.73 Å². The second-order valence-corrected chi connectivity index (χ2v) is 5.33. The summed E-state index contributed by atoms with van der Waals surface area (Å²) in [4.78, 5) is 6.70. The van der Waals surface area contributed by atoms with Crippen LogP contribution in [-0.2, 0) is 6.54 Å². The normalized spacial score (nSPS) is 11.3. The highest BCUT2D eigenvalue weighted by molar-refractivity contribution is 7.17. The van der Waals surface area contributed by atoms with Crippen LogP contribution >= 0.6 is 11.3 Å². The lowest BCUT2D eigenvalue weighted by atomic mass is 10.1. The summed E-state index contributed by atoms with van der Waals surface area (Å²) in [5, 5.41) is 0. The lowest BCUT2D eigenvalue weighted by Gasteiger charge is -2.01. The molecule has 0 aliphatic heterocycles. The van der Waals surface area contributed by atoms with E-state index in [1.807, 2.05) is 17.5 Å². The minimum absolute atomic E-state index is 0.245. The van der Waals surface area contributed by atoms with Crippen molar-refractivity contribution in [3.63, 3.8) is 0 Å². The molecule has 5 heteroatoms. The van der Waals surface area contributed by atoms with Gasteiger partial charge < -0.3 is 5.73 Å².